The second-order valence-corrected chi connectivity index (χ2v) is 7.45. The number of ether oxygens (including phenoxy) is 2. The number of aryl methyl sites for hydroxylation is 1. The number of aromatic nitrogens is 2. The average Bonchev–Trinajstić information content (AvgIpc) is 3.19. The predicted octanol–water partition coefficient (Wildman–Crippen LogP) is 4.68. The highest BCUT2D eigenvalue weighted by molar-refractivity contribution is 5.87. The number of hydrogen-bond acceptors (Lipinski definition) is 6. The van der Waals surface area contributed by atoms with Crippen molar-refractivity contribution in [3.05, 3.63) is 95.9 Å². The van der Waals surface area contributed by atoms with Crippen LogP contribution in [-0.2, 0) is 4.79 Å². The van der Waals surface area contributed by atoms with Crippen molar-refractivity contribution >= 4 is 17.8 Å². The van der Waals surface area contributed by atoms with E-state index in [0.717, 1.165) is 5.69 Å². The van der Waals surface area contributed by atoms with E-state index in [1.807, 2.05) is 55.5 Å². The Bertz CT molecular complexity index is 1320. The van der Waals surface area contributed by atoms with Crippen LogP contribution in [0, 0.1) is 12.7 Å². The summed E-state index contributed by atoms with van der Waals surface area (Å²) in [7, 11) is 1.56. The number of hydrogen-bond donors (Lipinski definition) is 2. The number of nitrogens with zero attached hydrogens (tertiary/aromatic N) is 3. The fourth-order valence-corrected chi connectivity index (χ4v) is 3.30. The van der Waals surface area contributed by atoms with Crippen LogP contribution in [0.4, 0.5) is 10.1 Å². The molecule has 35 heavy (non-hydrogen) atoms. The van der Waals surface area contributed by atoms with Crippen LogP contribution >= 0.6 is 0 Å². The second kappa shape index (κ2) is 11.0. The van der Waals surface area contributed by atoms with Crippen LogP contribution in [-0.4, -0.2) is 35.6 Å². The minimum absolute atomic E-state index is 0.00108. The van der Waals surface area contributed by atoms with E-state index in [2.05, 4.69) is 20.9 Å². The van der Waals surface area contributed by atoms with Gasteiger partial charge in [0.25, 0.3) is 5.91 Å². The van der Waals surface area contributed by atoms with E-state index < -0.39 is 0 Å². The Morgan fingerprint density at radius 3 is 2.51 bits per heavy atom. The number of carbonyl (C=O) groups excluding carboxylic acids is 1. The third-order valence-electron chi connectivity index (χ3n) is 5.02. The number of carbonyl (C=O) groups is 1. The van der Waals surface area contributed by atoms with Crippen LogP contribution < -0.4 is 20.2 Å². The summed E-state index contributed by atoms with van der Waals surface area (Å²) >= 11 is 0. The number of hydrazone groups is 1. The van der Waals surface area contributed by atoms with Gasteiger partial charge in [0.2, 0.25) is 5.88 Å². The van der Waals surface area contributed by atoms with Gasteiger partial charge in [-0.3, -0.25) is 4.79 Å². The lowest BCUT2D eigenvalue weighted by Gasteiger charge is -2.10. The Balaban J connectivity index is 1.52. The van der Waals surface area contributed by atoms with E-state index in [0.29, 0.717) is 34.3 Å². The molecule has 0 unspecified atom stereocenters. The largest absolute Gasteiger partial charge is 0.495 e. The van der Waals surface area contributed by atoms with E-state index in [4.69, 9.17) is 9.47 Å². The maximum Gasteiger partial charge on any atom is 0.259 e. The normalized spacial score (nSPS) is 10.8. The monoisotopic (exact) mass is 473 g/mol. The summed E-state index contributed by atoms with van der Waals surface area (Å²) in [4.78, 5) is 12.3. The molecule has 1 amide bonds. The van der Waals surface area contributed by atoms with Crippen molar-refractivity contribution < 1.29 is 18.7 Å². The van der Waals surface area contributed by atoms with E-state index >= 15 is 0 Å². The zero-order chi connectivity index (χ0) is 24.6. The molecule has 0 bridgehead atoms. The molecular weight excluding hydrogens is 449 g/mol. The van der Waals surface area contributed by atoms with Gasteiger partial charge in [-0.25, -0.2) is 9.82 Å². The molecule has 0 saturated carbocycles. The SMILES string of the molecule is COc1ccccc1NCC(=O)N/N=C/c1c(C)nn(-c2ccccc2)c1Oc1ccc(F)cc1. The number of benzene rings is 3. The summed E-state index contributed by atoms with van der Waals surface area (Å²) in [5, 5.41) is 11.7. The van der Waals surface area contributed by atoms with Crippen LogP contribution in [0.5, 0.6) is 17.4 Å². The minimum Gasteiger partial charge on any atom is -0.495 e. The maximum absolute atomic E-state index is 13.4. The molecule has 0 aliphatic rings. The molecule has 2 N–H and O–H groups in total. The summed E-state index contributed by atoms with van der Waals surface area (Å²) in [6.07, 6.45) is 1.47. The van der Waals surface area contributed by atoms with Gasteiger partial charge in [0.05, 0.1) is 42.5 Å². The van der Waals surface area contributed by atoms with Gasteiger partial charge in [0.15, 0.2) is 0 Å². The topological polar surface area (TPSA) is 89.8 Å². The van der Waals surface area contributed by atoms with Crippen molar-refractivity contribution in [2.24, 2.45) is 5.10 Å². The van der Waals surface area contributed by atoms with Gasteiger partial charge in [-0.1, -0.05) is 30.3 Å². The van der Waals surface area contributed by atoms with Crippen molar-refractivity contribution in [2.45, 2.75) is 6.92 Å². The quantitative estimate of drug-likeness (QED) is 0.272. The number of anilines is 1. The zero-order valence-electron chi connectivity index (χ0n) is 19.2. The lowest BCUT2D eigenvalue weighted by atomic mass is 10.2. The van der Waals surface area contributed by atoms with Gasteiger partial charge in [-0.2, -0.15) is 14.9 Å². The first kappa shape index (κ1) is 23.5. The Kier molecular flexibility index (Phi) is 7.37. The molecule has 4 aromatic rings. The molecular formula is C26H24FN5O3. The van der Waals surface area contributed by atoms with Gasteiger partial charge in [-0.05, 0) is 55.5 Å². The first-order chi connectivity index (χ1) is 17.0. The molecule has 3 aromatic carbocycles. The van der Waals surface area contributed by atoms with Gasteiger partial charge in [0.1, 0.15) is 17.3 Å². The number of methoxy groups -OCH3 is 1. The summed E-state index contributed by atoms with van der Waals surface area (Å²) in [5.41, 5.74) is 5.17. The third kappa shape index (κ3) is 5.83. The first-order valence-electron chi connectivity index (χ1n) is 10.8. The highest BCUT2D eigenvalue weighted by Crippen LogP contribution is 2.29. The van der Waals surface area contributed by atoms with Crippen LogP contribution in [0.3, 0.4) is 0 Å². The van der Waals surface area contributed by atoms with Crippen molar-refractivity contribution in [3.8, 4) is 23.1 Å². The molecule has 0 spiro atoms. The van der Waals surface area contributed by atoms with Crippen LogP contribution in [0.15, 0.2) is 84.0 Å². The lowest BCUT2D eigenvalue weighted by molar-refractivity contribution is -0.119. The number of para-hydroxylation sites is 3. The molecule has 9 heteroatoms. The Labute approximate surface area is 202 Å². The molecule has 0 aliphatic heterocycles. The Morgan fingerprint density at radius 1 is 1.06 bits per heavy atom. The van der Waals surface area contributed by atoms with Crippen molar-refractivity contribution in [1.29, 1.82) is 0 Å². The van der Waals surface area contributed by atoms with Crippen LogP contribution in [0.1, 0.15) is 11.3 Å². The number of rotatable bonds is 9. The number of halogens is 1. The maximum atomic E-state index is 13.4. The standard InChI is InChI=1S/C26H24FN5O3/c1-18-22(16-29-30-25(33)17-28-23-10-6-7-11-24(23)34-2)26(35-21-14-12-19(27)13-15-21)32(31-18)20-8-4-3-5-9-20/h3-16,28H,17H2,1-2H3,(H,30,33)/b29-16+. The van der Waals surface area contributed by atoms with Crippen LogP contribution in [0.2, 0.25) is 0 Å². The molecule has 0 fully saturated rings. The molecule has 0 saturated heterocycles. The van der Waals surface area contributed by atoms with Gasteiger partial charge < -0.3 is 14.8 Å². The molecule has 0 aliphatic carbocycles. The first-order valence-corrected chi connectivity index (χ1v) is 10.8. The van der Waals surface area contributed by atoms with E-state index in [9.17, 15) is 9.18 Å². The van der Waals surface area contributed by atoms with Crippen molar-refractivity contribution in [2.75, 3.05) is 19.0 Å². The summed E-state index contributed by atoms with van der Waals surface area (Å²) in [6.45, 7) is 1.81. The fourth-order valence-electron chi connectivity index (χ4n) is 3.30. The molecule has 1 heterocycles. The Morgan fingerprint density at radius 2 is 1.77 bits per heavy atom. The summed E-state index contributed by atoms with van der Waals surface area (Å²) < 4.78 is 26.3. The molecule has 178 valence electrons. The Hall–Kier alpha value is -4.66. The molecule has 1 aromatic heterocycles. The molecule has 4 rings (SSSR count). The zero-order valence-corrected chi connectivity index (χ0v) is 19.2. The second-order valence-electron chi connectivity index (χ2n) is 7.45. The number of amides is 1. The predicted molar refractivity (Wildman–Crippen MR) is 132 cm³/mol. The highest BCUT2D eigenvalue weighted by atomic mass is 19.1. The number of nitrogens with one attached hydrogen (secondary N) is 2. The highest BCUT2D eigenvalue weighted by Gasteiger charge is 2.18. The molecule has 0 atom stereocenters. The minimum atomic E-state index is -0.365. The van der Waals surface area contributed by atoms with E-state index in [1.165, 1.54) is 30.5 Å². The molecule has 8 nitrogen and oxygen atoms in total. The van der Waals surface area contributed by atoms with E-state index in [1.54, 1.807) is 17.9 Å². The summed E-state index contributed by atoms with van der Waals surface area (Å²) in [5.74, 6) is 0.738. The third-order valence-corrected chi connectivity index (χ3v) is 5.02. The van der Waals surface area contributed by atoms with Gasteiger partial charge in [0, 0.05) is 0 Å². The van der Waals surface area contributed by atoms with Crippen LogP contribution in [0.25, 0.3) is 5.69 Å². The van der Waals surface area contributed by atoms with Crippen molar-refractivity contribution in [3.63, 3.8) is 0 Å². The smallest absolute Gasteiger partial charge is 0.259 e. The van der Waals surface area contributed by atoms with Gasteiger partial charge in [-0.15, -0.1) is 0 Å². The van der Waals surface area contributed by atoms with Gasteiger partial charge >= 0.3 is 0 Å². The van der Waals surface area contributed by atoms with E-state index in [-0.39, 0.29) is 18.3 Å². The lowest BCUT2D eigenvalue weighted by Crippen LogP contribution is -2.26. The summed E-state index contributed by atoms with van der Waals surface area (Å²) in [6, 6.07) is 22.4. The average molecular weight is 474 g/mol. The van der Waals surface area contributed by atoms with Crippen molar-refractivity contribution in [1.82, 2.24) is 15.2 Å². The fraction of sp³-hybridized carbons (Fsp3) is 0.115. The molecule has 0 radical (unpaired) electrons.